The number of nitriles is 1. The molecule has 0 aromatic heterocycles. The van der Waals surface area contributed by atoms with Crippen molar-refractivity contribution in [3.05, 3.63) is 198 Å². The summed E-state index contributed by atoms with van der Waals surface area (Å²) in [6.45, 7) is 0.531. The van der Waals surface area contributed by atoms with Crippen molar-refractivity contribution in [2.24, 2.45) is 0 Å². The van der Waals surface area contributed by atoms with Crippen LogP contribution in [0.2, 0.25) is 0 Å². The fraction of sp³-hybridized carbons (Fsp3) is 0.118. The molecule has 0 amide bonds. The fourth-order valence-corrected chi connectivity index (χ4v) is 8.63. The van der Waals surface area contributed by atoms with Gasteiger partial charge in [0.25, 0.3) is 0 Å². The van der Waals surface area contributed by atoms with Crippen molar-refractivity contribution in [3.63, 3.8) is 0 Å². The topological polar surface area (TPSA) is 53.2 Å². The average molecular weight is 698 g/mol. The number of benzene rings is 8. The van der Waals surface area contributed by atoms with E-state index in [1.807, 2.05) is 12.1 Å². The summed E-state index contributed by atoms with van der Waals surface area (Å²) < 4.78 is 5.95. The van der Waals surface area contributed by atoms with Crippen molar-refractivity contribution < 1.29 is 9.84 Å². The van der Waals surface area contributed by atoms with E-state index in [-0.39, 0.29) is 6.61 Å². The number of aliphatic hydroxyl groups excluding tert-OH is 1. The van der Waals surface area contributed by atoms with E-state index >= 15 is 0 Å². The van der Waals surface area contributed by atoms with Gasteiger partial charge in [0.1, 0.15) is 12.4 Å². The smallest absolute Gasteiger partial charge is 0.119 e. The largest absolute Gasteiger partial charge is 0.493 e. The molecule has 0 saturated carbocycles. The summed E-state index contributed by atoms with van der Waals surface area (Å²) in [5.74, 6) is 0.750. The first-order valence-corrected chi connectivity index (χ1v) is 18.8. The van der Waals surface area contributed by atoms with Gasteiger partial charge < -0.3 is 9.84 Å². The molecule has 260 valence electrons. The van der Waals surface area contributed by atoms with Gasteiger partial charge in [0, 0.05) is 6.61 Å². The zero-order chi connectivity index (χ0) is 36.5. The summed E-state index contributed by atoms with van der Waals surface area (Å²) in [6, 6.07) is 64.1. The predicted molar refractivity (Wildman–Crippen MR) is 221 cm³/mol. The number of aryl methyl sites for hydroxylation is 1. The Labute approximate surface area is 316 Å². The van der Waals surface area contributed by atoms with Gasteiger partial charge in [0.15, 0.2) is 0 Å². The predicted octanol–water partition coefficient (Wildman–Crippen LogP) is 11.9. The Kier molecular flexibility index (Phi) is 8.75. The molecule has 54 heavy (non-hydrogen) atoms. The van der Waals surface area contributed by atoms with Crippen LogP contribution in [0.3, 0.4) is 0 Å². The molecule has 3 nitrogen and oxygen atoms in total. The second-order valence-corrected chi connectivity index (χ2v) is 14.1. The molecule has 0 bridgehead atoms. The number of fused-ring (bicyclic) bond motifs is 5. The van der Waals surface area contributed by atoms with Gasteiger partial charge >= 0.3 is 0 Å². The van der Waals surface area contributed by atoms with Crippen molar-refractivity contribution in [2.75, 3.05) is 13.2 Å². The lowest BCUT2D eigenvalue weighted by atomic mass is 9.67. The van der Waals surface area contributed by atoms with Crippen LogP contribution in [0.1, 0.15) is 40.7 Å². The summed E-state index contributed by atoms with van der Waals surface area (Å²) in [6.07, 6.45) is 1.90. The SMILES string of the molecule is N#CCCOc1ccc(C2(c3ccc(CCCO)cc3)c3ccc(-c4cccc5ccccc45)cc3-c3cc(-c4cccc5ccccc45)ccc32)cc1. The molecule has 0 heterocycles. The highest BCUT2D eigenvalue weighted by Crippen LogP contribution is 2.57. The molecule has 8 aromatic carbocycles. The number of hydrogen-bond donors (Lipinski definition) is 1. The maximum atomic E-state index is 9.55. The van der Waals surface area contributed by atoms with Gasteiger partial charge in [-0.2, -0.15) is 5.26 Å². The first-order valence-electron chi connectivity index (χ1n) is 18.8. The minimum Gasteiger partial charge on any atom is -0.493 e. The van der Waals surface area contributed by atoms with Crippen molar-refractivity contribution in [3.8, 4) is 45.2 Å². The summed E-state index contributed by atoms with van der Waals surface area (Å²) >= 11 is 0. The third kappa shape index (κ3) is 5.64. The molecule has 8 aromatic rings. The molecule has 1 aliphatic carbocycles. The van der Waals surface area contributed by atoms with E-state index in [1.54, 1.807) is 0 Å². The van der Waals surface area contributed by atoms with Crippen LogP contribution in [0.4, 0.5) is 0 Å². The van der Waals surface area contributed by atoms with Crippen LogP contribution >= 0.6 is 0 Å². The van der Waals surface area contributed by atoms with E-state index in [2.05, 4.69) is 164 Å². The third-order valence-corrected chi connectivity index (χ3v) is 11.1. The van der Waals surface area contributed by atoms with Gasteiger partial charge in [-0.05, 0) is 120 Å². The van der Waals surface area contributed by atoms with Gasteiger partial charge in [-0.25, -0.2) is 0 Å². The van der Waals surface area contributed by atoms with Gasteiger partial charge in [-0.3, -0.25) is 0 Å². The summed E-state index contributed by atoms with van der Waals surface area (Å²) in [4.78, 5) is 0. The minimum absolute atomic E-state index is 0.174. The number of nitrogens with zero attached hydrogens (tertiary/aromatic N) is 1. The molecule has 0 aliphatic heterocycles. The van der Waals surface area contributed by atoms with Crippen LogP contribution in [0.15, 0.2) is 170 Å². The second kappa shape index (κ2) is 14.2. The van der Waals surface area contributed by atoms with E-state index in [0.717, 1.165) is 24.2 Å². The maximum absolute atomic E-state index is 9.55. The molecular weight excluding hydrogens is 659 g/mol. The van der Waals surface area contributed by atoms with E-state index in [4.69, 9.17) is 10.00 Å². The summed E-state index contributed by atoms with van der Waals surface area (Å²) in [5.41, 5.74) is 12.6. The molecule has 9 rings (SSSR count). The van der Waals surface area contributed by atoms with Crippen LogP contribution in [0.25, 0.3) is 54.9 Å². The third-order valence-electron chi connectivity index (χ3n) is 11.1. The zero-order valence-corrected chi connectivity index (χ0v) is 30.0. The van der Waals surface area contributed by atoms with E-state index in [1.165, 1.54) is 77.2 Å². The van der Waals surface area contributed by atoms with E-state index in [9.17, 15) is 5.11 Å². The van der Waals surface area contributed by atoms with Crippen molar-refractivity contribution in [2.45, 2.75) is 24.7 Å². The standard InChI is InChI=1S/C51H39NO2/c52-30-8-32-54-42-26-24-41(25-27-42)51(40-22-18-35(19-23-40)9-7-31-53)49-28-20-38(45-16-5-12-36-10-1-3-14-43(36)45)33-47(49)48-34-39(21-29-50(48)51)46-17-6-13-37-11-2-4-15-44(37)46/h1-6,10-29,33-34,53H,7-9,31-32H2. The first-order chi connectivity index (χ1) is 26.7. The fourth-order valence-electron chi connectivity index (χ4n) is 8.63. The highest BCUT2D eigenvalue weighted by molar-refractivity contribution is 6.01. The van der Waals surface area contributed by atoms with Gasteiger partial charge in [0.2, 0.25) is 0 Å². The number of rotatable bonds is 10. The number of aliphatic hydroxyl groups is 1. The molecule has 3 heteroatoms. The van der Waals surface area contributed by atoms with E-state index < -0.39 is 5.41 Å². The lowest BCUT2D eigenvalue weighted by Gasteiger charge is -2.34. The lowest BCUT2D eigenvalue weighted by molar-refractivity contribution is 0.288. The maximum Gasteiger partial charge on any atom is 0.119 e. The normalized spacial score (nSPS) is 12.7. The van der Waals surface area contributed by atoms with Crippen LogP contribution < -0.4 is 4.74 Å². The first kappa shape index (κ1) is 33.4. The Morgan fingerprint density at radius 2 is 1.06 bits per heavy atom. The molecule has 1 N–H and O–H groups in total. The van der Waals surface area contributed by atoms with Crippen molar-refractivity contribution in [1.82, 2.24) is 0 Å². The number of hydrogen-bond acceptors (Lipinski definition) is 3. The lowest BCUT2D eigenvalue weighted by Crippen LogP contribution is -2.28. The monoisotopic (exact) mass is 697 g/mol. The quantitative estimate of drug-likeness (QED) is 0.145. The van der Waals surface area contributed by atoms with Crippen LogP contribution in [0.5, 0.6) is 5.75 Å². The minimum atomic E-state index is -0.611. The average Bonchev–Trinajstić information content (AvgIpc) is 3.52. The zero-order valence-electron chi connectivity index (χ0n) is 30.0. The van der Waals surface area contributed by atoms with Gasteiger partial charge in [-0.1, -0.05) is 146 Å². The molecule has 0 unspecified atom stereocenters. The summed E-state index contributed by atoms with van der Waals surface area (Å²) in [7, 11) is 0. The van der Waals surface area contributed by atoms with Crippen LogP contribution in [-0.4, -0.2) is 18.3 Å². The molecule has 0 saturated heterocycles. The van der Waals surface area contributed by atoms with Crippen LogP contribution in [-0.2, 0) is 11.8 Å². The Balaban J connectivity index is 1.31. The Morgan fingerprint density at radius 1 is 0.537 bits per heavy atom. The summed E-state index contributed by atoms with van der Waals surface area (Å²) in [5, 5.41) is 23.6. The number of ether oxygens (including phenoxy) is 1. The van der Waals surface area contributed by atoms with Crippen molar-refractivity contribution >= 4 is 21.5 Å². The van der Waals surface area contributed by atoms with Gasteiger partial charge in [-0.15, -0.1) is 0 Å². The van der Waals surface area contributed by atoms with Crippen LogP contribution in [0, 0.1) is 11.3 Å². The Hall–Kier alpha value is -6.47. The Morgan fingerprint density at radius 3 is 1.59 bits per heavy atom. The van der Waals surface area contributed by atoms with Gasteiger partial charge in [0.05, 0.1) is 17.9 Å². The molecule has 0 fully saturated rings. The molecule has 0 radical (unpaired) electrons. The highest BCUT2D eigenvalue weighted by Gasteiger charge is 2.46. The molecule has 0 atom stereocenters. The Bertz CT molecular complexity index is 2550. The molecular formula is C51H39NO2. The van der Waals surface area contributed by atoms with Crippen molar-refractivity contribution in [1.29, 1.82) is 5.26 Å². The molecule has 0 spiro atoms. The highest BCUT2D eigenvalue weighted by atomic mass is 16.5. The molecule has 1 aliphatic rings. The second-order valence-electron chi connectivity index (χ2n) is 14.1. The van der Waals surface area contributed by atoms with E-state index in [0.29, 0.717) is 13.0 Å².